The molecule has 3 aromatic rings. The Morgan fingerprint density at radius 1 is 0.971 bits per heavy atom. The van der Waals surface area contributed by atoms with E-state index in [0.29, 0.717) is 22.9 Å². The summed E-state index contributed by atoms with van der Waals surface area (Å²) in [6, 6.07) is 10.0. The normalized spacial score (nSPS) is 13.1. The molecule has 0 atom stereocenters. The molecule has 1 saturated heterocycles. The number of nitrogens with one attached hydrogen (secondary N) is 2. The van der Waals surface area contributed by atoms with Crippen molar-refractivity contribution in [3.63, 3.8) is 0 Å². The molecule has 2 aromatic carbocycles. The van der Waals surface area contributed by atoms with Crippen LogP contribution in [0.5, 0.6) is 5.75 Å². The van der Waals surface area contributed by atoms with Crippen LogP contribution in [0.4, 0.5) is 34.9 Å². The van der Waals surface area contributed by atoms with Crippen molar-refractivity contribution < 1.29 is 14.6 Å². The van der Waals surface area contributed by atoms with Crippen molar-refractivity contribution in [2.75, 3.05) is 35.8 Å². The molecule has 1 aromatic heterocycles. The Bertz CT molecular complexity index is 1260. The fraction of sp³-hybridized carbons (Fsp3) is 0.238. The number of nitro benzene ring substituents is 2. The quantitative estimate of drug-likeness (QED) is 0.261. The summed E-state index contributed by atoms with van der Waals surface area (Å²) in [6.45, 7) is 1.60. The smallest absolute Gasteiger partial charge is 0.270 e. The number of hydrogen-bond donors (Lipinski definition) is 2. The predicted octanol–water partition coefficient (Wildman–Crippen LogP) is 3.49. The van der Waals surface area contributed by atoms with Crippen LogP contribution in [-0.4, -0.2) is 51.2 Å². The molecule has 0 radical (unpaired) electrons. The van der Waals surface area contributed by atoms with Gasteiger partial charge in [0.15, 0.2) is 0 Å². The average Bonchev–Trinajstić information content (AvgIpc) is 3.39. The number of anilines is 4. The lowest BCUT2D eigenvalue weighted by Crippen LogP contribution is -2.21. The Kier molecular flexibility index (Phi) is 6.90. The molecular formula is C21H21N9O5. The van der Waals surface area contributed by atoms with Crippen LogP contribution < -0.4 is 20.4 Å². The summed E-state index contributed by atoms with van der Waals surface area (Å²) in [4.78, 5) is 36.2. The lowest BCUT2D eigenvalue weighted by atomic mass is 10.2. The molecule has 180 valence electrons. The standard InChI is InChI=1S/C21H21N9O5/c1-35-18-9-8-17(30(33)34)12-14(18)13-22-27-20-24-19(25-21(26-20)28-10-2-3-11-28)23-15-4-6-16(7-5-15)29(31)32/h4-9,12-13H,2-3,10-11H2,1H3,(H2,23,24,25,26,27). The van der Waals surface area contributed by atoms with Gasteiger partial charge in [0.2, 0.25) is 17.8 Å². The zero-order valence-corrected chi connectivity index (χ0v) is 18.6. The highest BCUT2D eigenvalue weighted by molar-refractivity contribution is 5.85. The molecule has 1 fully saturated rings. The Balaban J connectivity index is 1.58. The van der Waals surface area contributed by atoms with E-state index in [4.69, 9.17) is 4.74 Å². The topological polar surface area (TPSA) is 174 Å². The van der Waals surface area contributed by atoms with Crippen molar-refractivity contribution >= 4 is 41.1 Å². The van der Waals surface area contributed by atoms with Crippen molar-refractivity contribution in [3.05, 3.63) is 68.3 Å². The second-order valence-electron chi connectivity index (χ2n) is 7.46. The highest BCUT2D eigenvalue weighted by Gasteiger charge is 2.18. The lowest BCUT2D eigenvalue weighted by molar-refractivity contribution is -0.385. The monoisotopic (exact) mass is 479 g/mol. The molecule has 0 aliphatic carbocycles. The third-order valence-electron chi connectivity index (χ3n) is 5.14. The molecule has 0 saturated carbocycles. The minimum absolute atomic E-state index is 0.0303. The molecule has 0 bridgehead atoms. The number of methoxy groups -OCH3 is 1. The van der Waals surface area contributed by atoms with Gasteiger partial charge in [-0.3, -0.25) is 20.2 Å². The molecule has 2 N–H and O–H groups in total. The molecule has 0 unspecified atom stereocenters. The number of aromatic nitrogens is 3. The number of hydrogen-bond acceptors (Lipinski definition) is 12. The zero-order chi connectivity index (χ0) is 24.8. The fourth-order valence-corrected chi connectivity index (χ4v) is 3.42. The number of nitrogens with zero attached hydrogens (tertiary/aromatic N) is 7. The van der Waals surface area contributed by atoms with E-state index < -0.39 is 9.85 Å². The molecule has 2 heterocycles. The van der Waals surface area contributed by atoms with E-state index in [-0.39, 0.29) is 23.3 Å². The summed E-state index contributed by atoms with van der Waals surface area (Å²) in [5.74, 6) is 1.23. The predicted molar refractivity (Wildman–Crippen MR) is 129 cm³/mol. The summed E-state index contributed by atoms with van der Waals surface area (Å²) in [7, 11) is 1.45. The Morgan fingerprint density at radius 3 is 2.29 bits per heavy atom. The van der Waals surface area contributed by atoms with Crippen molar-refractivity contribution in [2.24, 2.45) is 5.10 Å². The van der Waals surface area contributed by atoms with Crippen LogP contribution in [0.25, 0.3) is 0 Å². The molecule has 4 rings (SSSR count). The molecular weight excluding hydrogens is 458 g/mol. The maximum Gasteiger partial charge on any atom is 0.270 e. The van der Waals surface area contributed by atoms with Crippen LogP contribution in [0.3, 0.4) is 0 Å². The van der Waals surface area contributed by atoms with Gasteiger partial charge in [0.05, 0.1) is 23.2 Å². The van der Waals surface area contributed by atoms with Crippen molar-refractivity contribution in [1.82, 2.24) is 15.0 Å². The van der Waals surface area contributed by atoms with Crippen LogP contribution >= 0.6 is 0 Å². The minimum atomic E-state index is -0.505. The van der Waals surface area contributed by atoms with Gasteiger partial charge in [0, 0.05) is 48.6 Å². The highest BCUT2D eigenvalue weighted by atomic mass is 16.6. The van der Waals surface area contributed by atoms with Gasteiger partial charge in [-0.25, -0.2) is 5.43 Å². The van der Waals surface area contributed by atoms with Crippen LogP contribution in [0.1, 0.15) is 18.4 Å². The van der Waals surface area contributed by atoms with Gasteiger partial charge in [0.1, 0.15) is 5.75 Å². The SMILES string of the molecule is COc1ccc([N+](=O)[O-])cc1C=NNc1nc(Nc2ccc([N+](=O)[O-])cc2)nc(N2CCCC2)n1. The highest BCUT2D eigenvalue weighted by Crippen LogP contribution is 2.24. The molecule has 14 nitrogen and oxygen atoms in total. The van der Waals surface area contributed by atoms with Crippen molar-refractivity contribution in [1.29, 1.82) is 0 Å². The van der Waals surface area contributed by atoms with E-state index in [2.05, 4.69) is 30.8 Å². The summed E-state index contributed by atoms with van der Waals surface area (Å²) in [5.41, 5.74) is 3.56. The number of benzene rings is 2. The second kappa shape index (κ2) is 10.4. The van der Waals surface area contributed by atoms with Gasteiger partial charge in [-0.1, -0.05) is 0 Å². The van der Waals surface area contributed by atoms with E-state index in [1.54, 1.807) is 12.1 Å². The first kappa shape index (κ1) is 23.3. The Morgan fingerprint density at radius 2 is 1.63 bits per heavy atom. The summed E-state index contributed by atoms with van der Waals surface area (Å²) < 4.78 is 5.24. The molecule has 35 heavy (non-hydrogen) atoms. The first-order chi connectivity index (χ1) is 16.9. The number of rotatable bonds is 9. The van der Waals surface area contributed by atoms with E-state index >= 15 is 0 Å². The summed E-state index contributed by atoms with van der Waals surface area (Å²) in [6.07, 6.45) is 3.41. The Hall–Kier alpha value is -4.88. The zero-order valence-electron chi connectivity index (χ0n) is 18.6. The maximum atomic E-state index is 11.1. The van der Waals surface area contributed by atoms with Gasteiger partial charge >= 0.3 is 0 Å². The van der Waals surface area contributed by atoms with Gasteiger partial charge < -0.3 is 15.0 Å². The fourth-order valence-electron chi connectivity index (χ4n) is 3.42. The second-order valence-corrected chi connectivity index (χ2v) is 7.46. The summed E-state index contributed by atoms with van der Waals surface area (Å²) >= 11 is 0. The molecule has 0 spiro atoms. The summed E-state index contributed by atoms with van der Waals surface area (Å²) in [5, 5.41) is 29.1. The first-order valence-electron chi connectivity index (χ1n) is 10.6. The molecule has 14 heteroatoms. The molecule has 0 amide bonds. The number of non-ortho nitro benzene ring substituents is 2. The van der Waals surface area contributed by atoms with Crippen molar-refractivity contribution in [2.45, 2.75) is 12.8 Å². The van der Waals surface area contributed by atoms with Gasteiger partial charge in [0.25, 0.3) is 11.4 Å². The van der Waals surface area contributed by atoms with Gasteiger partial charge in [-0.15, -0.1) is 0 Å². The average molecular weight is 479 g/mol. The number of ether oxygens (including phenoxy) is 1. The van der Waals surface area contributed by atoms with Gasteiger partial charge in [-0.05, 0) is 31.0 Å². The van der Waals surface area contributed by atoms with E-state index in [1.165, 1.54) is 43.7 Å². The van der Waals surface area contributed by atoms with Crippen LogP contribution in [0.2, 0.25) is 0 Å². The third kappa shape index (κ3) is 5.73. The number of nitro groups is 2. The Labute approximate surface area is 199 Å². The van der Waals surface area contributed by atoms with Crippen LogP contribution in [0.15, 0.2) is 47.6 Å². The van der Waals surface area contributed by atoms with Crippen LogP contribution in [-0.2, 0) is 0 Å². The lowest BCUT2D eigenvalue weighted by Gasteiger charge is -2.16. The van der Waals surface area contributed by atoms with E-state index in [9.17, 15) is 20.2 Å². The van der Waals surface area contributed by atoms with Gasteiger partial charge in [-0.2, -0.15) is 20.1 Å². The van der Waals surface area contributed by atoms with Crippen LogP contribution in [0, 0.1) is 20.2 Å². The molecule has 1 aliphatic heterocycles. The maximum absolute atomic E-state index is 11.1. The third-order valence-corrected chi connectivity index (χ3v) is 5.14. The largest absolute Gasteiger partial charge is 0.496 e. The molecule has 1 aliphatic rings. The minimum Gasteiger partial charge on any atom is -0.496 e. The van der Waals surface area contributed by atoms with E-state index in [1.807, 2.05) is 4.90 Å². The number of hydrazone groups is 1. The van der Waals surface area contributed by atoms with E-state index in [0.717, 1.165) is 25.9 Å². The van der Waals surface area contributed by atoms with Crippen molar-refractivity contribution in [3.8, 4) is 5.75 Å². The first-order valence-corrected chi connectivity index (χ1v) is 10.6.